The predicted octanol–water partition coefficient (Wildman–Crippen LogP) is 1.56. The fourth-order valence-electron chi connectivity index (χ4n) is 2.54. The first-order valence-electron chi connectivity index (χ1n) is 7.29. The minimum atomic E-state index is -0.496. The van der Waals surface area contributed by atoms with Crippen molar-refractivity contribution in [2.75, 3.05) is 26.2 Å². The summed E-state index contributed by atoms with van der Waals surface area (Å²) in [6.07, 6.45) is 1.10. The molecule has 120 valence electrons. The maximum atomic E-state index is 12.1. The second-order valence-electron chi connectivity index (χ2n) is 5.90. The van der Waals surface area contributed by atoms with Gasteiger partial charge in [-0.1, -0.05) is 19.1 Å². The van der Waals surface area contributed by atoms with E-state index < -0.39 is 4.92 Å². The zero-order valence-electron chi connectivity index (χ0n) is 12.7. The van der Waals surface area contributed by atoms with E-state index in [-0.39, 0.29) is 35.8 Å². The number of ether oxygens (including phenoxy) is 1. The van der Waals surface area contributed by atoms with Crippen molar-refractivity contribution >= 4 is 11.6 Å². The highest BCUT2D eigenvalue weighted by Crippen LogP contribution is 2.29. The summed E-state index contributed by atoms with van der Waals surface area (Å²) in [5.41, 5.74) is 5.63. The molecule has 0 radical (unpaired) electrons. The van der Waals surface area contributed by atoms with E-state index >= 15 is 0 Å². The molecule has 22 heavy (non-hydrogen) atoms. The van der Waals surface area contributed by atoms with Gasteiger partial charge in [0.05, 0.1) is 18.0 Å². The Morgan fingerprint density at radius 1 is 1.50 bits per heavy atom. The summed E-state index contributed by atoms with van der Waals surface area (Å²) in [4.78, 5) is 24.3. The van der Waals surface area contributed by atoms with Crippen LogP contribution in [0.25, 0.3) is 0 Å². The first-order valence-corrected chi connectivity index (χ1v) is 7.29. The number of rotatable bonds is 6. The van der Waals surface area contributed by atoms with Crippen LogP contribution in [0.4, 0.5) is 5.69 Å². The molecule has 0 bridgehead atoms. The standard InChI is InChI=1S/C15H21N3O4/c1-15(10-16)7-8-17(11-15)14(19)6-9-22-13-5-3-2-4-12(13)18(20)21/h2-5H,6-11,16H2,1H3. The molecule has 1 amide bonds. The van der Waals surface area contributed by atoms with Crippen molar-refractivity contribution in [1.82, 2.24) is 4.90 Å². The van der Waals surface area contributed by atoms with Gasteiger partial charge in [-0.2, -0.15) is 0 Å². The normalized spacial score (nSPS) is 20.9. The molecule has 7 heteroatoms. The summed E-state index contributed by atoms with van der Waals surface area (Å²) in [7, 11) is 0. The van der Waals surface area contributed by atoms with Crippen LogP contribution in [0.1, 0.15) is 19.8 Å². The minimum absolute atomic E-state index is 0.00393. The highest BCUT2D eigenvalue weighted by atomic mass is 16.6. The molecule has 1 atom stereocenters. The molecule has 0 aromatic heterocycles. The van der Waals surface area contributed by atoms with Crippen LogP contribution in [0.5, 0.6) is 5.75 Å². The Morgan fingerprint density at radius 3 is 2.86 bits per heavy atom. The predicted molar refractivity (Wildman–Crippen MR) is 81.6 cm³/mol. The fraction of sp³-hybridized carbons (Fsp3) is 0.533. The molecule has 0 saturated carbocycles. The molecule has 2 N–H and O–H groups in total. The first kappa shape index (κ1) is 16.2. The van der Waals surface area contributed by atoms with Gasteiger partial charge in [0.1, 0.15) is 0 Å². The molecular weight excluding hydrogens is 286 g/mol. The molecule has 1 aromatic rings. The van der Waals surface area contributed by atoms with Crippen LogP contribution < -0.4 is 10.5 Å². The van der Waals surface area contributed by atoms with Crippen LogP contribution in [0.15, 0.2) is 24.3 Å². The summed E-state index contributed by atoms with van der Waals surface area (Å²) >= 11 is 0. The highest BCUT2D eigenvalue weighted by molar-refractivity contribution is 5.76. The summed E-state index contributed by atoms with van der Waals surface area (Å²) in [6, 6.07) is 6.15. The Bertz CT molecular complexity index is 563. The van der Waals surface area contributed by atoms with E-state index in [1.807, 2.05) is 0 Å². The Labute approximate surface area is 129 Å². The lowest BCUT2D eigenvalue weighted by Gasteiger charge is -2.22. The number of benzene rings is 1. The van der Waals surface area contributed by atoms with E-state index in [2.05, 4.69) is 6.92 Å². The number of hydrogen-bond donors (Lipinski definition) is 1. The molecule has 7 nitrogen and oxygen atoms in total. The van der Waals surface area contributed by atoms with Crippen molar-refractivity contribution in [2.45, 2.75) is 19.8 Å². The fourth-order valence-corrected chi connectivity index (χ4v) is 2.54. The van der Waals surface area contributed by atoms with Crippen molar-refractivity contribution < 1.29 is 14.5 Å². The average molecular weight is 307 g/mol. The van der Waals surface area contributed by atoms with E-state index in [0.29, 0.717) is 19.6 Å². The summed E-state index contributed by atoms with van der Waals surface area (Å²) in [6.45, 7) is 4.12. The maximum Gasteiger partial charge on any atom is 0.310 e. The monoisotopic (exact) mass is 307 g/mol. The smallest absolute Gasteiger partial charge is 0.310 e. The number of carbonyl (C=O) groups is 1. The third-order valence-electron chi connectivity index (χ3n) is 4.04. The van der Waals surface area contributed by atoms with E-state index in [1.54, 1.807) is 17.0 Å². The van der Waals surface area contributed by atoms with E-state index in [9.17, 15) is 14.9 Å². The number of nitro groups is 1. The maximum absolute atomic E-state index is 12.1. The van der Waals surface area contributed by atoms with Gasteiger partial charge in [-0.3, -0.25) is 14.9 Å². The van der Waals surface area contributed by atoms with Crippen molar-refractivity contribution in [3.8, 4) is 5.75 Å². The Balaban J connectivity index is 1.85. The average Bonchev–Trinajstić information content (AvgIpc) is 2.91. The molecule has 2 rings (SSSR count). The molecule has 1 aromatic carbocycles. The van der Waals surface area contributed by atoms with Gasteiger partial charge in [0, 0.05) is 19.2 Å². The Morgan fingerprint density at radius 2 is 2.23 bits per heavy atom. The molecule has 1 saturated heterocycles. The van der Waals surface area contributed by atoms with Crippen molar-refractivity contribution in [3.63, 3.8) is 0 Å². The van der Waals surface area contributed by atoms with Crippen LogP contribution in [-0.2, 0) is 4.79 Å². The van der Waals surface area contributed by atoms with Gasteiger partial charge in [0.25, 0.3) is 0 Å². The molecular formula is C15H21N3O4. The van der Waals surface area contributed by atoms with Crippen LogP contribution in [-0.4, -0.2) is 42.0 Å². The number of hydrogen-bond acceptors (Lipinski definition) is 5. The zero-order valence-corrected chi connectivity index (χ0v) is 12.7. The Hall–Kier alpha value is -2.15. The van der Waals surface area contributed by atoms with Gasteiger partial charge in [0.15, 0.2) is 5.75 Å². The van der Waals surface area contributed by atoms with Crippen molar-refractivity contribution in [1.29, 1.82) is 0 Å². The molecule has 1 aliphatic rings. The quantitative estimate of drug-likeness (QED) is 0.635. The SMILES string of the molecule is CC1(CN)CCN(C(=O)CCOc2ccccc2[N+](=O)[O-])C1. The van der Waals surface area contributed by atoms with Crippen LogP contribution >= 0.6 is 0 Å². The van der Waals surface area contributed by atoms with Gasteiger partial charge < -0.3 is 15.4 Å². The number of nitrogens with two attached hydrogens (primary N) is 1. The van der Waals surface area contributed by atoms with Gasteiger partial charge in [-0.15, -0.1) is 0 Å². The van der Waals surface area contributed by atoms with Crippen molar-refractivity contribution in [2.24, 2.45) is 11.1 Å². The minimum Gasteiger partial charge on any atom is -0.486 e. The number of carbonyl (C=O) groups excluding carboxylic acids is 1. The molecule has 1 aliphatic heterocycles. The number of para-hydroxylation sites is 2. The molecule has 1 fully saturated rings. The van der Waals surface area contributed by atoms with Crippen LogP contribution in [0.2, 0.25) is 0 Å². The lowest BCUT2D eigenvalue weighted by atomic mass is 9.90. The third-order valence-corrected chi connectivity index (χ3v) is 4.04. The second-order valence-corrected chi connectivity index (χ2v) is 5.90. The van der Waals surface area contributed by atoms with Crippen molar-refractivity contribution in [3.05, 3.63) is 34.4 Å². The van der Waals surface area contributed by atoms with E-state index in [0.717, 1.165) is 6.42 Å². The molecule has 1 unspecified atom stereocenters. The van der Waals surface area contributed by atoms with Gasteiger partial charge >= 0.3 is 5.69 Å². The third kappa shape index (κ3) is 3.73. The number of nitro benzene ring substituents is 1. The van der Waals surface area contributed by atoms with Gasteiger partial charge in [0.2, 0.25) is 5.91 Å². The lowest BCUT2D eigenvalue weighted by Crippen LogP contribution is -2.35. The topological polar surface area (TPSA) is 98.7 Å². The number of amides is 1. The zero-order chi connectivity index (χ0) is 16.2. The van der Waals surface area contributed by atoms with Gasteiger partial charge in [-0.25, -0.2) is 0 Å². The summed E-state index contributed by atoms with van der Waals surface area (Å²) < 4.78 is 5.39. The second kappa shape index (κ2) is 6.74. The van der Waals surface area contributed by atoms with E-state index in [1.165, 1.54) is 12.1 Å². The first-order chi connectivity index (χ1) is 10.4. The van der Waals surface area contributed by atoms with Gasteiger partial charge in [-0.05, 0) is 24.4 Å². The molecule has 0 aliphatic carbocycles. The molecule has 0 spiro atoms. The van der Waals surface area contributed by atoms with Crippen LogP contribution in [0.3, 0.4) is 0 Å². The van der Waals surface area contributed by atoms with Crippen LogP contribution in [0, 0.1) is 15.5 Å². The number of likely N-dealkylation sites (tertiary alicyclic amines) is 1. The lowest BCUT2D eigenvalue weighted by molar-refractivity contribution is -0.385. The Kier molecular flexibility index (Phi) is 4.97. The largest absolute Gasteiger partial charge is 0.486 e. The van der Waals surface area contributed by atoms with E-state index in [4.69, 9.17) is 10.5 Å². The number of nitrogens with zero attached hydrogens (tertiary/aromatic N) is 2. The summed E-state index contributed by atoms with van der Waals surface area (Å²) in [5.74, 6) is 0.185. The summed E-state index contributed by atoms with van der Waals surface area (Å²) in [5, 5.41) is 10.9. The highest BCUT2D eigenvalue weighted by Gasteiger charge is 2.34. The molecule has 1 heterocycles.